The highest BCUT2D eigenvalue weighted by molar-refractivity contribution is 7.92. The minimum atomic E-state index is -4.03. The number of para-hydroxylation sites is 1. The minimum absolute atomic E-state index is 0.0628. The average molecular weight is 579 g/mol. The summed E-state index contributed by atoms with van der Waals surface area (Å²) in [4.78, 5) is 26.9. The van der Waals surface area contributed by atoms with Crippen LogP contribution in [-0.4, -0.2) is 70.8 Å². The molecule has 0 spiro atoms. The Bertz CT molecular complexity index is 1470. The van der Waals surface area contributed by atoms with Crippen molar-refractivity contribution < 1.29 is 27.5 Å². The Morgan fingerprint density at radius 3 is 2.39 bits per heavy atom. The lowest BCUT2D eigenvalue weighted by molar-refractivity contribution is -0.137. The number of hydrogen-bond acceptors (Lipinski definition) is 7. The molecule has 11 heteroatoms. The van der Waals surface area contributed by atoms with Crippen molar-refractivity contribution in [1.29, 1.82) is 0 Å². The van der Waals surface area contributed by atoms with Crippen LogP contribution in [0.25, 0.3) is 0 Å². The third kappa shape index (κ3) is 7.92. The summed E-state index contributed by atoms with van der Waals surface area (Å²) in [5.74, 6) is -0.162. The fourth-order valence-electron chi connectivity index (χ4n) is 4.23. The largest absolute Gasteiger partial charge is 0.484 e. The van der Waals surface area contributed by atoms with Gasteiger partial charge in [-0.3, -0.25) is 13.9 Å². The van der Waals surface area contributed by atoms with E-state index in [2.05, 4.69) is 10.5 Å². The number of anilines is 1. The van der Waals surface area contributed by atoms with Crippen LogP contribution in [0, 0.1) is 6.92 Å². The quantitative estimate of drug-likeness (QED) is 0.276. The molecule has 1 aliphatic rings. The molecule has 1 saturated heterocycles. The van der Waals surface area contributed by atoms with E-state index in [1.54, 1.807) is 53.4 Å². The maximum atomic E-state index is 13.6. The number of nitrogens with one attached hydrogen (secondary N) is 1. The second-order valence-electron chi connectivity index (χ2n) is 9.45. The summed E-state index contributed by atoms with van der Waals surface area (Å²) in [7, 11) is -4.03. The third-order valence-electron chi connectivity index (χ3n) is 6.55. The topological polar surface area (TPSA) is 118 Å². The Hall–Kier alpha value is -4.22. The van der Waals surface area contributed by atoms with Crippen LogP contribution in [0.15, 0.2) is 82.8 Å². The van der Waals surface area contributed by atoms with Crippen molar-refractivity contribution in [2.24, 2.45) is 5.10 Å². The summed E-state index contributed by atoms with van der Waals surface area (Å²) < 4.78 is 39.2. The van der Waals surface area contributed by atoms with Gasteiger partial charge in [-0.2, -0.15) is 5.10 Å². The fourth-order valence-corrected chi connectivity index (χ4v) is 5.69. The number of rotatable bonds is 11. The van der Waals surface area contributed by atoms with Crippen LogP contribution in [0.4, 0.5) is 5.69 Å². The van der Waals surface area contributed by atoms with Crippen LogP contribution < -0.4 is 14.5 Å². The summed E-state index contributed by atoms with van der Waals surface area (Å²) in [5.41, 5.74) is 5.27. The van der Waals surface area contributed by atoms with E-state index in [9.17, 15) is 18.0 Å². The standard InChI is InChI=1S/C30H34N4O6S/c1-3-25-6-4-5-7-28(25)34(41(37,38)27-14-8-23(2)9-15-27)21-29(35)32-31-20-24-10-12-26(13-11-24)40-22-30(36)33-16-18-39-19-17-33/h4-15,20H,3,16-19,21-22H2,1-2H3,(H,32,35)/b31-20-. The van der Waals surface area contributed by atoms with Gasteiger partial charge >= 0.3 is 0 Å². The number of morpholine rings is 1. The molecule has 2 amide bonds. The van der Waals surface area contributed by atoms with Crippen LogP contribution in [-0.2, 0) is 30.8 Å². The Morgan fingerprint density at radius 2 is 1.71 bits per heavy atom. The van der Waals surface area contributed by atoms with Crippen LogP contribution in [0.2, 0.25) is 0 Å². The van der Waals surface area contributed by atoms with Crippen molar-refractivity contribution in [1.82, 2.24) is 10.3 Å². The molecule has 10 nitrogen and oxygen atoms in total. The number of hydrazone groups is 1. The van der Waals surface area contributed by atoms with Gasteiger partial charge in [0.15, 0.2) is 6.61 Å². The van der Waals surface area contributed by atoms with Crippen molar-refractivity contribution >= 4 is 33.7 Å². The first-order chi connectivity index (χ1) is 19.8. The number of amides is 2. The van der Waals surface area contributed by atoms with E-state index in [0.717, 1.165) is 15.4 Å². The van der Waals surface area contributed by atoms with E-state index in [1.807, 2.05) is 26.0 Å². The van der Waals surface area contributed by atoms with Crippen molar-refractivity contribution in [3.05, 3.63) is 89.5 Å². The van der Waals surface area contributed by atoms with Crippen molar-refractivity contribution in [2.75, 3.05) is 43.8 Å². The number of benzene rings is 3. The van der Waals surface area contributed by atoms with Gasteiger partial charge < -0.3 is 14.4 Å². The Morgan fingerprint density at radius 1 is 1.02 bits per heavy atom. The lowest BCUT2D eigenvalue weighted by atomic mass is 10.1. The first-order valence-corrected chi connectivity index (χ1v) is 14.8. The maximum Gasteiger partial charge on any atom is 0.264 e. The maximum absolute atomic E-state index is 13.6. The molecule has 0 saturated carbocycles. The van der Waals surface area contributed by atoms with E-state index >= 15 is 0 Å². The molecule has 0 aliphatic carbocycles. The average Bonchev–Trinajstić information content (AvgIpc) is 3.00. The highest BCUT2D eigenvalue weighted by atomic mass is 32.2. The van der Waals surface area contributed by atoms with Gasteiger partial charge in [-0.05, 0) is 66.9 Å². The number of carbonyl (C=O) groups is 2. The van der Waals surface area contributed by atoms with E-state index in [0.29, 0.717) is 49.7 Å². The Kier molecular flexibility index (Phi) is 10.1. The van der Waals surface area contributed by atoms with E-state index in [1.165, 1.54) is 18.3 Å². The summed E-state index contributed by atoms with van der Waals surface area (Å²) in [6.07, 6.45) is 2.04. The number of ether oxygens (including phenoxy) is 2. The molecule has 0 aromatic heterocycles. The van der Waals surface area contributed by atoms with Crippen molar-refractivity contribution in [3.63, 3.8) is 0 Å². The molecule has 1 aliphatic heterocycles. The Balaban J connectivity index is 1.39. The highest BCUT2D eigenvalue weighted by Gasteiger charge is 2.28. The van der Waals surface area contributed by atoms with Gasteiger partial charge in [0.05, 0.1) is 30.0 Å². The molecule has 3 aromatic rings. The van der Waals surface area contributed by atoms with Crippen molar-refractivity contribution in [3.8, 4) is 5.75 Å². The first kappa shape index (κ1) is 29.8. The monoisotopic (exact) mass is 578 g/mol. The lowest BCUT2D eigenvalue weighted by Crippen LogP contribution is -2.42. The zero-order chi connectivity index (χ0) is 29.2. The highest BCUT2D eigenvalue weighted by Crippen LogP contribution is 2.27. The molecule has 0 atom stereocenters. The van der Waals surface area contributed by atoms with Gasteiger partial charge in [0.1, 0.15) is 12.3 Å². The zero-order valence-corrected chi connectivity index (χ0v) is 24.0. The van der Waals surface area contributed by atoms with Gasteiger partial charge in [-0.1, -0.05) is 42.8 Å². The second-order valence-corrected chi connectivity index (χ2v) is 11.3. The number of carbonyl (C=O) groups excluding carboxylic acids is 2. The zero-order valence-electron chi connectivity index (χ0n) is 23.2. The SMILES string of the molecule is CCc1ccccc1N(CC(=O)N/N=C\c1ccc(OCC(=O)N2CCOCC2)cc1)S(=O)(=O)c1ccc(C)cc1. The molecule has 1 heterocycles. The van der Waals surface area contributed by atoms with Gasteiger partial charge in [0.2, 0.25) is 0 Å². The van der Waals surface area contributed by atoms with Gasteiger partial charge in [0, 0.05) is 13.1 Å². The summed E-state index contributed by atoms with van der Waals surface area (Å²) in [6, 6.07) is 20.5. The predicted molar refractivity (Wildman–Crippen MR) is 157 cm³/mol. The predicted octanol–water partition coefficient (Wildman–Crippen LogP) is 3.14. The molecule has 0 bridgehead atoms. The third-order valence-corrected chi connectivity index (χ3v) is 8.32. The fraction of sp³-hybridized carbons (Fsp3) is 0.300. The lowest BCUT2D eigenvalue weighted by Gasteiger charge is -2.26. The molecule has 41 heavy (non-hydrogen) atoms. The van der Waals surface area contributed by atoms with E-state index < -0.39 is 22.5 Å². The number of aryl methyl sites for hydroxylation is 2. The first-order valence-electron chi connectivity index (χ1n) is 13.4. The number of nitrogens with zero attached hydrogens (tertiary/aromatic N) is 3. The molecule has 1 N–H and O–H groups in total. The van der Waals surface area contributed by atoms with Crippen LogP contribution in [0.1, 0.15) is 23.6 Å². The second kappa shape index (κ2) is 13.9. The van der Waals surface area contributed by atoms with Gasteiger partial charge in [-0.15, -0.1) is 0 Å². The van der Waals surface area contributed by atoms with E-state index in [4.69, 9.17) is 9.47 Å². The van der Waals surface area contributed by atoms with Crippen LogP contribution in [0.5, 0.6) is 5.75 Å². The molecular formula is C30H34N4O6S. The Labute approximate surface area is 240 Å². The summed E-state index contributed by atoms with van der Waals surface area (Å²) in [6.45, 7) is 5.47. The molecule has 3 aromatic carbocycles. The molecule has 0 unspecified atom stereocenters. The molecule has 1 fully saturated rings. The molecule has 4 rings (SSSR count). The van der Waals surface area contributed by atoms with Gasteiger partial charge in [-0.25, -0.2) is 13.8 Å². The van der Waals surface area contributed by atoms with E-state index in [-0.39, 0.29) is 17.4 Å². The van der Waals surface area contributed by atoms with Crippen LogP contribution >= 0.6 is 0 Å². The summed E-state index contributed by atoms with van der Waals surface area (Å²) in [5, 5.41) is 4.00. The normalized spacial score (nSPS) is 13.7. The summed E-state index contributed by atoms with van der Waals surface area (Å²) >= 11 is 0. The molecular weight excluding hydrogens is 544 g/mol. The van der Waals surface area contributed by atoms with Crippen LogP contribution in [0.3, 0.4) is 0 Å². The van der Waals surface area contributed by atoms with Crippen molar-refractivity contribution in [2.45, 2.75) is 25.2 Å². The minimum Gasteiger partial charge on any atom is -0.484 e. The molecule has 0 radical (unpaired) electrons. The van der Waals surface area contributed by atoms with Gasteiger partial charge in [0.25, 0.3) is 21.8 Å². The smallest absolute Gasteiger partial charge is 0.264 e. The number of hydrogen-bond donors (Lipinski definition) is 1. The number of sulfonamides is 1. The molecule has 216 valence electrons.